The third-order valence-electron chi connectivity index (χ3n) is 3.84. The molecule has 1 aromatic rings. The number of likely N-dealkylation sites (tertiary alicyclic amines) is 1. The van der Waals surface area contributed by atoms with E-state index in [0.717, 1.165) is 5.56 Å². The van der Waals surface area contributed by atoms with Gasteiger partial charge in [0.1, 0.15) is 0 Å². The Morgan fingerprint density at radius 3 is 2.35 bits per heavy atom. The summed E-state index contributed by atoms with van der Waals surface area (Å²) in [4.78, 5) is 13.9. The molecule has 1 aliphatic heterocycles. The molecule has 5 heteroatoms. The van der Waals surface area contributed by atoms with Crippen molar-refractivity contribution in [3.8, 4) is 0 Å². The zero-order valence-corrected chi connectivity index (χ0v) is 12.1. The minimum atomic E-state index is -0.532. The fourth-order valence-corrected chi connectivity index (χ4v) is 2.43. The van der Waals surface area contributed by atoms with Gasteiger partial charge in [0, 0.05) is 46.7 Å². The van der Waals surface area contributed by atoms with E-state index in [1.807, 2.05) is 30.3 Å². The summed E-state index contributed by atoms with van der Waals surface area (Å²) in [5.74, 6) is -0.532. The van der Waals surface area contributed by atoms with Crippen LogP contribution in [0.5, 0.6) is 0 Å². The van der Waals surface area contributed by atoms with E-state index in [1.54, 1.807) is 19.1 Å². The van der Waals surface area contributed by atoms with Gasteiger partial charge in [0.05, 0.1) is 0 Å². The molecule has 0 aliphatic carbocycles. The van der Waals surface area contributed by atoms with Crippen LogP contribution in [0.1, 0.15) is 18.4 Å². The molecule has 1 heterocycles. The molecule has 2 rings (SSSR count). The van der Waals surface area contributed by atoms with Gasteiger partial charge in [0.15, 0.2) is 5.79 Å². The number of hydrogen-bond donors (Lipinski definition) is 1. The monoisotopic (exact) mass is 278 g/mol. The predicted octanol–water partition coefficient (Wildman–Crippen LogP) is 1.98. The lowest BCUT2D eigenvalue weighted by molar-refractivity contribution is -0.226. The Balaban J connectivity index is 1.80. The molecule has 1 aromatic carbocycles. The van der Waals surface area contributed by atoms with Crippen LogP contribution in [0.3, 0.4) is 0 Å². The average Bonchev–Trinajstić information content (AvgIpc) is 2.53. The van der Waals surface area contributed by atoms with Crippen molar-refractivity contribution in [3.63, 3.8) is 0 Å². The molecule has 0 radical (unpaired) electrons. The van der Waals surface area contributed by atoms with Gasteiger partial charge in [-0.3, -0.25) is 0 Å². The van der Waals surface area contributed by atoms with Crippen molar-refractivity contribution in [1.82, 2.24) is 10.2 Å². The van der Waals surface area contributed by atoms with Crippen LogP contribution in [0.25, 0.3) is 0 Å². The molecular formula is C15H22N2O3. The number of rotatable bonds is 4. The molecule has 0 aromatic heterocycles. The first-order valence-corrected chi connectivity index (χ1v) is 6.86. The fourth-order valence-electron chi connectivity index (χ4n) is 2.43. The molecule has 0 unspecified atom stereocenters. The van der Waals surface area contributed by atoms with Gasteiger partial charge >= 0.3 is 6.03 Å². The van der Waals surface area contributed by atoms with Crippen LogP contribution >= 0.6 is 0 Å². The number of amides is 2. The van der Waals surface area contributed by atoms with Gasteiger partial charge in [0.25, 0.3) is 0 Å². The number of piperidine rings is 1. The van der Waals surface area contributed by atoms with Gasteiger partial charge < -0.3 is 19.7 Å². The van der Waals surface area contributed by atoms with E-state index in [2.05, 4.69) is 5.32 Å². The minimum Gasteiger partial charge on any atom is -0.353 e. The van der Waals surface area contributed by atoms with Crippen molar-refractivity contribution in [2.45, 2.75) is 25.2 Å². The smallest absolute Gasteiger partial charge is 0.317 e. The molecule has 0 spiro atoms. The van der Waals surface area contributed by atoms with Crippen molar-refractivity contribution in [3.05, 3.63) is 35.9 Å². The summed E-state index contributed by atoms with van der Waals surface area (Å²) < 4.78 is 10.8. The number of urea groups is 1. The first kappa shape index (κ1) is 14.8. The molecule has 0 saturated carbocycles. The normalized spacial score (nSPS) is 17.8. The summed E-state index contributed by atoms with van der Waals surface area (Å²) in [6.45, 7) is 1.83. The molecule has 0 bridgehead atoms. The molecule has 0 atom stereocenters. The summed E-state index contributed by atoms with van der Waals surface area (Å²) in [5, 5.41) is 2.94. The molecule has 1 saturated heterocycles. The minimum absolute atomic E-state index is 0.0327. The number of carbonyl (C=O) groups excluding carboxylic acids is 1. The molecule has 1 N–H and O–H groups in total. The third-order valence-corrected chi connectivity index (χ3v) is 3.84. The van der Waals surface area contributed by atoms with E-state index in [-0.39, 0.29) is 6.03 Å². The lowest BCUT2D eigenvalue weighted by Gasteiger charge is -2.39. The molecule has 20 heavy (non-hydrogen) atoms. The Bertz CT molecular complexity index is 422. The lowest BCUT2D eigenvalue weighted by Crippen LogP contribution is -2.51. The van der Waals surface area contributed by atoms with Crippen LogP contribution < -0.4 is 5.32 Å². The molecule has 1 aliphatic rings. The number of hydrogen-bond acceptors (Lipinski definition) is 3. The number of benzene rings is 1. The number of carbonyl (C=O) groups is 1. The van der Waals surface area contributed by atoms with Crippen LogP contribution in [0.15, 0.2) is 30.3 Å². The van der Waals surface area contributed by atoms with E-state index >= 15 is 0 Å². The number of nitrogens with zero attached hydrogens (tertiary/aromatic N) is 1. The topological polar surface area (TPSA) is 50.8 Å². The van der Waals surface area contributed by atoms with E-state index < -0.39 is 5.79 Å². The highest BCUT2D eigenvalue weighted by Gasteiger charge is 2.35. The first-order chi connectivity index (χ1) is 9.69. The summed E-state index contributed by atoms with van der Waals surface area (Å²) in [6, 6.07) is 9.86. The van der Waals surface area contributed by atoms with Crippen molar-refractivity contribution < 1.29 is 14.3 Å². The zero-order valence-electron chi connectivity index (χ0n) is 12.1. The Hall–Kier alpha value is -1.59. The summed E-state index contributed by atoms with van der Waals surface area (Å²) in [5.41, 5.74) is 1.10. The molecular weight excluding hydrogens is 256 g/mol. The molecule has 1 fully saturated rings. The summed E-state index contributed by atoms with van der Waals surface area (Å²) in [6.07, 6.45) is 1.39. The van der Waals surface area contributed by atoms with Gasteiger partial charge in [-0.1, -0.05) is 30.3 Å². The maximum Gasteiger partial charge on any atom is 0.317 e. The van der Waals surface area contributed by atoms with Crippen LogP contribution in [-0.4, -0.2) is 44.0 Å². The van der Waals surface area contributed by atoms with Gasteiger partial charge in [-0.15, -0.1) is 0 Å². The molecule has 2 amide bonds. The average molecular weight is 278 g/mol. The van der Waals surface area contributed by atoms with E-state index in [4.69, 9.17) is 9.47 Å². The van der Waals surface area contributed by atoms with E-state index in [0.29, 0.717) is 32.5 Å². The summed E-state index contributed by atoms with van der Waals surface area (Å²) >= 11 is 0. The number of methoxy groups -OCH3 is 2. The third kappa shape index (κ3) is 3.49. The first-order valence-electron chi connectivity index (χ1n) is 6.86. The highest BCUT2D eigenvalue weighted by atomic mass is 16.7. The molecule has 110 valence electrons. The van der Waals surface area contributed by atoms with E-state index in [1.165, 1.54) is 0 Å². The van der Waals surface area contributed by atoms with Gasteiger partial charge in [0.2, 0.25) is 0 Å². The maximum absolute atomic E-state index is 12.1. The second-order valence-corrected chi connectivity index (χ2v) is 4.95. The second kappa shape index (κ2) is 6.72. The van der Waals surface area contributed by atoms with Gasteiger partial charge in [-0.2, -0.15) is 0 Å². The Morgan fingerprint density at radius 1 is 1.20 bits per heavy atom. The predicted molar refractivity (Wildman–Crippen MR) is 76.2 cm³/mol. The van der Waals surface area contributed by atoms with Crippen LogP contribution in [0, 0.1) is 0 Å². The fraction of sp³-hybridized carbons (Fsp3) is 0.533. The Labute approximate surface area is 119 Å². The number of nitrogens with one attached hydrogen (secondary N) is 1. The van der Waals surface area contributed by atoms with E-state index in [9.17, 15) is 4.79 Å². The quantitative estimate of drug-likeness (QED) is 0.857. The van der Waals surface area contributed by atoms with Crippen LogP contribution in [-0.2, 0) is 16.0 Å². The highest BCUT2D eigenvalue weighted by molar-refractivity contribution is 5.74. The molecule has 5 nitrogen and oxygen atoms in total. The van der Waals surface area contributed by atoms with Crippen molar-refractivity contribution in [1.29, 1.82) is 0 Å². The Kier molecular flexibility index (Phi) is 4.98. The van der Waals surface area contributed by atoms with Crippen molar-refractivity contribution >= 4 is 6.03 Å². The SMILES string of the molecule is COC1(OC)CCN(C(=O)NCc2ccccc2)CC1. The standard InChI is InChI=1S/C15H22N2O3/c1-19-15(20-2)8-10-17(11-9-15)14(18)16-12-13-6-4-3-5-7-13/h3-7H,8-12H2,1-2H3,(H,16,18). The van der Waals surface area contributed by atoms with Gasteiger partial charge in [-0.25, -0.2) is 4.79 Å². The van der Waals surface area contributed by atoms with Crippen molar-refractivity contribution in [2.75, 3.05) is 27.3 Å². The second-order valence-electron chi connectivity index (χ2n) is 4.95. The van der Waals surface area contributed by atoms with Crippen molar-refractivity contribution in [2.24, 2.45) is 0 Å². The Morgan fingerprint density at radius 2 is 1.80 bits per heavy atom. The highest BCUT2D eigenvalue weighted by Crippen LogP contribution is 2.26. The maximum atomic E-state index is 12.1. The number of ether oxygens (including phenoxy) is 2. The summed E-state index contributed by atoms with van der Waals surface area (Å²) in [7, 11) is 3.29. The van der Waals surface area contributed by atoms with Crippen LogP contribution in [0.2, 0.25) is 0 Å². The van der Waals surface area contributed by atoms with Crippen LogP contribution in [0.4, 0.5) is 4.79 Å². The van der Waals surface area contributed by atoms with Gasteiger partial charge in [-0.05, 0) is 5.56 Å². The largest absolute Gasteiger partial charge is 0.353 e. The zero-order chi connectivity index (χ0) is 14.4. The lowest BCUT2D eigenvalue weighted by atomic mass is 10.0.